The van der Waals surface area contributed by atoms with E-state index in [1.165, 1.54) is 5.57 Å². The summed E-state index contributed by atoms with van der Waals surface area (Å²) in [4.78, 5) is 0. The van der Waals surface area contributed by atoms with Gasteiger partial charge < -0.3 is 9.47 Å². The van der Waals surface area contributed by atoms with Crippen molar-refractivity contribution in [3.8, 4) is 6.07 Å². The molecule has 0 aromatic carbocycles. The molecule has 0 aromatic heterocycles. The highest BCUT2D eigenvalue weighted by atomic mass is 16.7. The van der Waals surface area contributed by atoms with Gasteiger partial charge >= 0.3 is 0 Å². The molecule has 2 aliphatic rings. The summed E-state index contributed by atoms with van der Waals surface area (Å²) in [6, 6.07) is 2.51. The Kier molecular flexibility index (Phi) is 6.06. The molecule has 3 nitrogen and oxygen atoms in total. The first-order valence-electron chi connectivity index (χ1n) is 8.89. The average molecular weight is 317 g/mol. The molecule has 0 radical (unpaired) electrons. The van der Waals surface area contributed by atoms with E-state index in [-0.39, 0.29) is 11.3 Å². The van der Waals surface area contributed by atoms with Crippen LogP contribution in [0.5, 0.6) is 0 Å². The minimum Gasteiger partial charge on any atom is -0.347 e. The molecule has 1 saturated carbocycles. The van der Waals surface area contributed by atoms with Crippen molar-refractivity contribution in [3.63, 3.8) is 0 Å². The first kappa shape index (κ1) is 18.2. The van der Waals surface area contributed by atoms with Crippen LogP contribution in [0.15, 0.2) is 24.3 Å². The molecule has 1 spiro atoms. The largest absolute Gasteiger partial charge is 0.347 e. The van der Waals surface area contributed by atoms with Crippen LogP contribution in [0.1, 0.15) is 59.3 Å². The molecule has 0 aromatic rings. The lowest BCUT2D eigenvalue weighted by Crippen LogP contribution is -2.47. The fourth-order valence-corrected chi connectivity index (χ4v) is 4.33. The van der Waals surface area contributed by atoms with E-state index in [1.807, 2.05) is 6.08 Å². The number of hydrogen-bond acceptors (Lipinski definition) is 3. The summed E-state index contributed by atoms with van der Waals surface area (Å²) in [5, 5.41) is 9.59. The zero-order chi connectivity index (χ0) is 16.9. The van der Waals surface area contributed by atoms with Crippen molar-refractivity contribution in [3.05, 3.63) is 24.3 Å². The SMILES string of the molecule is C=CCCC(C#N)C[C@]1(C)[C@@H](CC=C(C)C)CCC12OCCO2. The van der Waals surface area contributed by atoms with Crippen molar-refractivity contribution in [2.45, 2.75) is 65.1 Å². The Morgan fingerprint density at radius 3 is 2.65 bits per heavy atom. The van der Waals surface area contributed by atoms with Crippen LogP contribution in [-0.2, 0) is 9.47 Å². The predicted octanol–water partition coefficient (Wildman–Crippen LogP) is 5.00. The molecule has 2 rings (SSSR count). The Labute approximate surface area is 141 Å². The Morgan fingerprint density at radius 2 is 2.09 bits per heavy atom. The van der Waals surface area contributed by atoms with Crippen molar-refractivity contribution in [1.29, 1.82) is 5.26 Å². The summed E-state index contributed by atoms with van der Waals surface area (Å²) in [6.07, 6.45) is 9.95. The van der Waals surface area contributed by atoms with Gasteiger partial charge in [0.25, 0.3) is 0 Å². The Balaban J connectivity index is 2.22. The highest BCUT2D eigenvalue weighted by Crippen LogP contribution is 2.59. The van der Waals surface area contributed by atoms with Gasteiger partial charge in [-0.05, 0) is 51.9 Å². The Hall–Kier alpha value is -1.11. The van der Waals surface area contributed by atoms with Crippen molar-refractivity contribution in [2.24, 2.45) is 17.3 Å². The van der Waals surface area contributed by atoms with Crippen LogP contribution in [0.3, 0.4) is 0 Å². The van der Waals surface area contributed by atoms with E-state index in [1.54, 1.807) is 0 Å². The van der Waals surface area contributed by atoms with Gasteiger partial charge in [0.1, 0.15) is 0 Å². The van der Waals surface area contributed by atoms with Crippen LogP contribution in [0.2, 0.25) is 0 Å². The van der Waals surface area contributed by atoms with Gasteiger partial charge in [0.05, 0.1) is 19.3 Å². The summed E-state index contributed by atoms with van der Waals surface area (Å²) in [5.74, 6) is 0.0706. The fourth-order valence-electron chi connectivity index (χ4n) is 4.33. The summed E-state index contributed by atoms with van der Waals surface area (Å²) in [6.45, 7) is 11.7. The Bertz CT molecular complexity index is 480. The van der Waals surface area contributed by atoms with Gasteiger partial charge in [-0.25, -0.2) is 0 Å². The summed E-state index contributed by atoms with van der Waals surface area (Å²) < 4.78 is 12.3. The molecule has 3 atom stereocenters. The van der Waals surface area contributed by atoms with Gasteiger partial charge in [0, 0.05) is 17.8 Å². The maximum atomic E-state index is 9.59. The highest BCUT2D eigenvalue weighted by molar-refractivity contribution is 5.08. The van der Waals surface area contributed by atoms with E-state index in [2.05, 4.69) is 39.5 Å². The van der Waals surface area contributed by atoms with E-state index in [0.717, 1.165) is 38.5 Å². The molecular weight excluding hydrogens is 286 g/mol. The molecule has 0 bridgehead atoms. The van der Waals surface area contributed by atoms with E-state index in [9.17, 15) is 5.26 Å². The molecular formula is C20H31NO2. The first-order valence-corrected chi connectivity index (χ1v) is 8.89. The molecule has 1 saturated heterocycles. The van der Waals surface area contributed by atoms with Crippen LogP contribution < -0.4 is 0 Å². The van der Waals surface area contributed by atoms with E-state index in [4.69, 9.17) is 9.47 Å². The topological polar surface area (TPSA) is 42.2 Å². The third-order valence-electron chi connectivity index (χ3n) is 5.73. The van der Waals surface area contributed by atoms with E-state index < -0.39 is 5.79 Å². The van der Waals surface area contributed by atoms with E-state index in [0.29, 0.717) is 19.1 Å². The van der Waals surface area contributed by atoms with Crippen molar-refractivity contribution >= 4 is 0 Å². The summed E-state index contributed by atoms with van der Waals surface area (Å²) in [5.41, 5.74) is 1.25. The number of hydrogen-bond donors (Lipinski definition) is 0. The summed E-state index contributed by atoms with van der Waals surface area (Å²) in [7, 11) is 0. The monoisotopic (exact) mass is 317 g/mol. The zero-order valence-corrected chi connectivity index (χ0v) is 14.9. The molecule has 0 N–H and O–H groups in total. The lowest BCUT2D eigenvalue weighted by molar-refractivity contribution is -0.228. The normalized spacial score (nSPS) is 30.1. The molecule has 23 heavy (non-hydrogen) atoms. The molecule has 1 aliphatic heterocycles. The van der Waals surface area contributed by atoms with Crippen LogP contribution >= 0.6 is 0 Å². The van der Waals surface area contributed by atoms with Crippen molar-refractivity contribution in [1.82, 2.24) is 0 Å². The predicted molar refractivity (Wildman–Crippen MR) is 92.7 cm³/mol. The minimum absolute atomic E-state index is 0.0370. The minimum atomic E-state index is -0.476. The maximum absolute atomic E-state index is 9.59. The van der Waals surface area contributed by atoms with Gasteiger partial charge in [-0.3, -0.25) is 0 Å². The second-order valence-corrected chi connectivity index (χ2v) is 7.52. The van der Waals surface area contributed by atoms with Crippen LogP contribution in [0.25, 0.3) is 0 Å². The number of allylic oxidation sites excluding steroid dienone is 3. The zero-order valence-electron chi connectivity index (χ0n) is 14.9. The number of ether oxygens (including phenoxy) is 2. The maximum Gasteiger partial charge on any atom is 0.174 e. The molecule has 2 fully saturated rings. The number of rotatable bonds is 7. The molecule has 1 unspecified atom stereocenters. The second-order valence-electron chi connectivity index (χ2n) is 7.52. The van der Waals surface area contributed by atoms with E-state index >= 15 is 0 Å². The van der Waals surface area contributed by atoms with Gasteiger partial charge in [0.15, 0.2) is 5.79 Å². The molecule has 0 amide bonds. The number of nitriles is 1. The molecule has 3 heteroatoms. The van der Waals surface area contributed by atoms with Crippen molar-refractivity contribution < 1.29 is 9.47 Å². The van der Waals surface area contributed by atoms with Crippen LogP contribution in [0.4, 0.5) is 0 Å². The third-order valence-corrected chi connectivity index (χ3v) is 5.73. The fraction of sp³-hybridized carbons (Fsp3) is 0.750. The van der Waals surface area contributed by atoms with Crippen molar-refractivity contribution in [2.75, 3.05) is 13.2 Å². The highest BCUT2D eigenvalue weighted by Gasteiger charge is 2.60. The van der Waals surface area contributed by atoms with Crippen LogP contribution in [0, 0.1) is 28.6 Å². The average Bonchev–Trinajstić information content (AvgIpc) is 3.10. The van der Waals surface area contributed by atoms with Gasteiger partial charge in [-0.1, -0.05) is 24.6 Å². The lowest BCUT2D eigenvalue weighted by atomic mass is 9.68. The van der Waals surface area contributed by atoms with Gasteiger partial charge in [0.2, 0.25) is 0 Å². The quantitative estimate of drug-likeness (QED) is 0.621. The smallest absolute Gasteiger partial charge is 0.174 e. The lowest BCUT2D eigenvalue weighted by Gasteiger charge is -2.43. The summed E-state index contributed by atoms with van der Waals surface area (Å²) >= 11 is 0. The van der Waals surface area contributed by atoms with Gasteiger partial charge in [-0.15, -0.1) is 6.58 Å². The molecule has 1 aliphatic carbocycles. The third kappa shape index (κ3) is 3.70. The standard InChI is InChI=1S/C20H31NO2/c1-5-6-7-17(15-21)14-19(4)18(9-8-16(2)3)10-11-20(19)22-12-13-23-20/h5,8,17-18H,1,6-7,9-14H2,2-4H3/t17?,18-,19+/m0/s1. The van der Waals surface area contributed by atoms with Gasteiger partial charge in [-0.2, -0.15) is 5.26 Å². The first-order chi connectivity index (χ1) is 11.0. The van der Waals surface area contributed by atoms with Crippen LogP contribution in [-0.4, -0.2) is 19.0 Å². The molecule has 128 valence electrons. The molecule has 1 heterocycles. The Morgan fingerprint density at radius 1 is 1.39 bits per heavy atom. The number of nitrogens with zero attached hydrogens (tertiary/aromatic N) is 1. The second kappa shape index (κ2) is 7.64.